The van der Waals surface area contributed by atoms with Gasteiger partial charge in [0.1, 0.15) is 6.33 Å². The van der Waals surface area contributed by atoms with Gasteiger partial charge in [-0.2, -0.15) is 18.4 Å². The number of halogens is 3. The van der Waals surface area contributed by atoms with Gasteiger partial charge in [0.2, 0.25) is 11.8 Å². The minimum Gasteiger partial charge on any atom is -0.494 e. The van der Waals surface area contributed by atoms with Crippen LogP contribution in [0.15, 0.2) is 30.7 Å². The molecule has 200 valence electrons. The second-order valence-electron chi connectivity index (χ2n) is 7.93. The number of pyridine rings is 1. The molecular formula is C25H32F3N7O2. The molecule has 0 radical (unpaired) electrons. The molecule has 1 aromatic carbocycles. The molecule has 1 aliphatic rings. The van der Waals surface area contributed by atoms with Crippen LogP contribution in [0.25, 0.3) is 16.6 Å². The summed E-state index contributed by atoms with van der Waals surface area (Å²) in [7, 11) is 3.15. The number of aromatic nitrogens is 5. The van der Waals surface area contributed by atoms with E-state index in [0.29, 0.717) is 28.1 Å². The third-order valence-corrected chi connectivity index (χ3v) is 5.65. The summed E-state index contributed by atoms with van der Waals surface area (Å²) in [5.74, 6) is 0.249. The van der Waals surface area contributed by atoms with Crippen molar-refractivity contribution in [1.82, 2.24) is 24.6 Å². The average Bonchev–Trinajstić information content (AvgIpc) is 3.41. The minimum absolute atomic E-state index is 0.0146. The number of nitrogens with zero attached hydrogens (tertiary/aromatic N) is 6. The van der Waals surface area contributed by atoms with Gasteiger partial charge >= 0.3 is 6.61 Å². The summed E-state index contributed by atoms with van der Waals surface area (Å²) in [6.07, 6.45) is 6.62. The Kier molecular flexibility index (Phi) is 9.70. The van der Waals surface area contributed by atoms with E-state index in [1.165, 1.54) is 43.3 Å². The van der Waals surface area contributed by atoms with Gasteiger partial charge in [0, 0.05) is 37.2 Å². The first-order chi connectivity index (χ1) is 17.9. The van der Waals surface area contributed by atoms with Crippen LogP contribution < -0.4 is 19.7 Å². The molecule has 1 saturated heterocycles. The lowest BCUT2D eigenvalue weighted by molar-refractivity contribution is -0.0533. The summed E-state index contributed by atoms with van der Waals surface area (Å²) in [6.45, 7) is 4.94. The quantitative estimate of drug-likeness (QED) is 0.371. The Morgan fingerprint density at radius 1 is 1.05 bits per heavy atom. The number of benzene rings is 1. The van der Waals surface area contributed by atoms with E-state index in [2.05, 4.69) is 35.0 Å². The third-order valence-electron chi connectivity index (χ3n) is 5.65. The fourth-order valence-electron chi connectivity index (χ4n) is 3.95. The smallest absolute Gasteiger partial charge is 0.388 e. The van der Waals surface area contributed by atoms with Crippen molar-refractivity contribution in [2.24, 2.45) is 0 Å². The Bertz CT molecular complexity index is 1310. The molecule has 0 saturated carbocycles. The van der Waals surface area contributed by atoms with E-state index in [4.69, 9.17) is 4.74 Å². The van der Waals surface area contributed by atoms with Gasteiger partial charge in [0.05, 0.1) is 24.5 Å². The predicted molar refractivity (Wildman–Crippen MR) is 137 cm³/mol. The second-order valence-corrected chi connectivity index (χ2v) is 7.93. The van der Waals surface area contributed by atoms with Gasteiger partial charge in [-0.25, -0.2) is 19.3 Å². The van der Waals surface area contributed by atoms with E-state index in [1.807, 2.05) is 19.9 Å². The lowest BCUT2D eigenvalue weighted by atomic mass is 10.1. The summed E-state index contributed by atoms with van der Waals surface area (Å²) in [5, 5.41) is 7.54. The number of ether oxygens (including phenoxy) is 2. The first-order valence-electron chi connectivity index (χ1n) is 12.1. The van der Waals surface area contributed by atoms with Gasteiger partial charge in [-0.15, -0.1) is 0 Å². The number of piperidine rings is 1. The molecule has 1 aliphatic heterocycles. The molecule has 1 fully saturated rings. The zero-order valence-electron chi connectivity index (χ0n) is 21.6. The van der Waals surface area contributed by atoms with Gasteiger partial charge in [0.25, 0.3) is 0 Å². The van der Waals surface area contributed by atoms with Crippen molar-refractivity contribution in [3.8, 4) is 11.6 Å². The maximum Gasteiger partial charge on any atom is 0.388 e. The van der Waals surface area contributed by atoms with Crippen LogP contribution in [0.2, 0.25) is 0 Å². The summed E-state index contributed by atoms with van der Waals surface area (Å²) in [4.78, 5) is 14.6. The SMILES string of the molecule is CC.CNc1nc2cc(OC)c(F)cc2c2ncnn12.Cc1cc(N2CCCCC2)cnc1OC(F)F. The van der Waals surface area contributed by atoms with Gasteiger partial charge < -0.3 is 19.7 Å². The molecule has 0 aliphatic carbocycles. The lowest BCUT2D eigenvalue weighted by Gasteiger charge is -2.28. The highest BCUT2D eigenvalue weighted by molar-refractivity contribution is 5.93. The number of hydrogen-bond donors (Lipinski definition) is 1. The zero-order valence-corrected chi connectivity index (χ0v) is 21.6. The van der Waals surface area contributed by atoms with Crippen molar-refractivity contribution >= 4 is 28.2 Å². The topological polar surface area (TPSA) is 89.7 Å². The van der Waals surface area contributed by atoms with Crippen LogP contribution in [0.1, 0.15) is 38.7 Å². The molecule has 4 aromatic rings. The molecule has 37 heavy (non-hydrogen) atoms. The fraction of sp³-hybridized carbons (Fsp3) is 0.440. The molecular weight excluding hydrogens is 487 g/mol. The number of fused-ring (bicyclic) bond motifs is 3. The monoisotopic (exact) mass is 519 g/mol. The van der Waals surface area contributed by atoms with Crippen LogP contribution in [0.5, 0.6) is 11.6 Å². The summed E-state index contributed by atoms with van der Waals surface area (Å²) < 4.78 is 48.7. The van der Waals surface area contributed by atoms with Crippen molar-refractivity contribution < 1.29 is 22.6 Å². The number of nitrogens with one attached hydrogen (secondary N) is 1. The van der Waals surface area contributed by atoms with Crippen molar-refractivity contribution in [1.29, 1.82) is 0 Å². The zero-order chi connectivity index (χ0) is 26.9. The highest BCUT2D eigenvalue weighted by atomic mass is 19.3. The standard InChI is InChI=1S/C12H16F2N2O.C11H10FN5O.C2H6/c1-9-7-10(16-5-3-2-4-6-16)8-15-11(9)17-12(13)14;1-13-11-16-8-4-9(18-2)7(12)3-6(8)10-14-5-15-17(10)11;1-2/h7-8,12H,2-6H2,1H3;3-5H,1-2H3,(H,13,16);1-2H3. The maximum atomic E-state index is 13.7. The average molecular weight is 520 g/mol. The molecule has 3 aromatic heterocycles. The predicted octanol–water partition coefficient (Wildman–Crippen LogP) is 5.47. The molecule has 0 unspecified atom stereocenters. The molecule has 0 bridgehead atoms. The number of aryl methyl sites for hydroxylation is 1. The van der Waals surface area contributed by atoms with Crippen molar-refractivity contribution in [3.05, 3.63) is 42.1 Å². The molecule has 0 amide bonds. The molecule has 0 atom stereocenters. The Hall–Kier alpha value is -3.83. The van der Waals surface area contributed by atoms with E-state index in [0.717, 1.165) is 18.8 Å². The first-order valence-corrected chi connectivity index (χ1v) is 12.1. The van der Waals surface area contributed by atoms with E-state index in [9.17, 15) is 13.2 Å². The van der Waals surface area contributed by atoms with Crippen LogP contribution >= 0.6 is 0 Å². The second kappa shape index (κ2) is 12.9. The number of rotatable bonds is 5. The Labute approximate surface area is 213 Å². The Morgan fingerprint density at radius 2 is 1.78 bits per heavy atom. The summed E-state index contributed by atoms with van der Waals surface area (Å²) >= 11 is 0. The summed E-state index contributed by atoms with van der Waals surface area (Å²) in [5.41, 5.74) is 2.78. The Balaban J connectivity index is 0.000000193. The fourth-order valence-corrected chi connectivity index (χ4v) is 3.95. The highest BCUT2D eigenvalue weighted by Gasteiger charge is 2.15. The molecule has 1 N–H and O–H groups in total. The van der Waals surface area contributed by atoms with Gasteiger partial charge in [-0.1, -0.05) is 13.8 Å². The van der Waals surface area contributed by atoms with E-state index in [-0.39, 0.29) is 11.6 Å². The Morgan fingerprint density at radius 3 is 2.41 bits per heavy atom. The largest absolute Gasteiger partial charge is 0.494 e. The van der Waals surface area contributed by atoms with Crippen LogP contribution in [0.3, 0.4) is 0 Å². The highest BCUT2D eigenvalue weighted by Crippen LogP contribution is 2.27. The molecule has 4 heterocycles. The van der Waals surface area contributed by atoms with Crippen molar-refractivity contribution in [2.75, 3.05) is 37.5 Å². The molecule has 0 spiro atoms. The minimum atomic E-state index is -2.82. The van der Waals surface area contributed by atoms with E-state index >= 15 is 0 Å². The van der Waals surface area contributed by atoms with Crippen LogP contribution in [-0.2, 0) is 0 Å². The number of anilines is 2. The normalized spacial score (nSPS) is 13.1. The van der Waals surface area contributed by atoms with Crippen LogP contribution in [0, 0.1) is 12.7 Å². The molecule has 12 heteroatoms. The van der Waals surface area contributed by atoms with E-state index < -0.39 is 12.4 Å². The maximum absolute atomic E-state index is 13.7. The number of hydrogen-bond acceptors (Lipinski definition) is 8. The number of methoxy groups -OCH3 is 1. The lowest BCUT2D eigenvalue weighted by Crippen LogP contribution is -2.29. The van der Waals surface area contributed by atoms with E-state index in [1.54, 1.807) is 26.2 Å². The summed E-state index contributed by atoms with van der Waals surface area (Å²) in [6, 6.07) is 4.75. The van der Waals surface area contributed by atoms with Crippen molar-refractivity contribution in [3.63, 3.8) is 0 Å². The van der Waals surface area contributed by atoms with Gasteiger partial charge in [0.15, 0.2) is 17.2 Å². The van der Waals surface area contributed by atoms with Gasteiger partial charge in [-0.3, -0.25) is 0 Å². The van der Waals surface area contributed by atoms with Crippen LogP contribution in [0.4, 0.5) is 24.8 Å². The van der Waals surface area contributed by atoms with Gasteiger partial charge in [-0.05, 0) is 38.3 Å². The number of alkyl halides is 2. The first kappa shape index (κ1) is 27.8. The molecule has 9 nitrogen and oxygen atoms in total. The van der Waals surface area contributed by atoms with Crippen LogP contribution in [-0.4, -0.2) is 58.4 Å². The van der Waals surface area contributed by atoms with Crippen molar-refractivity contribution in [2.45, 2.75) is 46.6 Å². The molecule has 5 rings (SSSR count). The third kappa shape index (κ3) is 6.49.